The number of nitrogens with one attached hydrogen (secondary N) is 1. The van der Waals surface area contributed by atoms with Crippen LogP contribution in [0.4, 0.5) is 13.2 Å². The van der Waals surface area contributed by atoms with Crippen molar-refractivity contribution in [1.82, 2.24) is 15.1 Å². The average Bonchev–Trinajstić information content (AvgIpc) is 2.97. The number of aromatic nitrogens is 2. The average molecular weight is 275 g/mol. The van der Waals surface area contributed by atoms with E-state index >= 15 is 0 Å². The second-order valence-electron chi connectivity index (χ2n) is 4.84. The van der Waals surface area contributed by atoms with Crippen LogP contribution < -0.4 is 5.32 Å². The third-order valence-electron chi connectivity index (χ3n) is 3.38. The Bertz CT molecular complexity index is 449. The van der Waals surface area contributed by atoms with E-state index in [-0.39, 0.29) is 11.9 Å². The number of halogens is 3. The molecule has 1 amide bonds. The first kappa shape index (κ1) is 13.9. The monoisotopic (exact) mass is 275 g/mol. The Morgan fingerprint density at radius 1 is 1.47 bits per heavy atom. The van der Waals surface area contributed by atoms with Gasteiger partial charge < -0.3 is 5.32 Å². The molecule has 0 spiro atoms. The summed E-state index contributed by atoms with van der Waals surface area (Å²) in [6, 6.07) is 0.281. The molecule has 19 heavy (non-hydrogen) atoms. The number of amides is 1. The molecule has 7 heteroatoms. The Kier molecular flexibility index (Phi) is 3.82. The summed E-state index contributed by atoms with van der Waals surface area (Å²) in [5.41, 5.74) is -0.979. The number of nitrogens with zero attached hydrogens (tertiary/aromatic N) is 2. The van der Waals surface area contributed by atoms with Gasteiger partial charge in [0.1, 0.15) is 6.04 Å². The molecular weight excluding hydrogens is 259 g/mol. The van der Waals surface area contributed by atoms with E-state index in [2.05, 4.69) is 10.4 Å². The van der Waals surface area contributed by atoms with Crippen molar-refractivity contribution in [1.29, 1.82) is 0 Å². The van der Waals surface area contributed by atoms with Gasteiger partial charge in [-0.15, -0.1) is 0 Å². The maximum atomic E-state index is 12.4. The quantitative estimate of drug-likeness (QED) is 0.921. The molecule has 1 atom stereocenters. The van der Waals surface area contributed by atoms with E-state index in [1.807, 2.05) is 0 Å². The Morgan fingerprint density at radius 3 is 2.63 bits per heavy atom. The molecule has 0 aliphatic heterocycles. The minimum atomic E-state index is -4.48. The molecule has 1 aliphatic carbocycles. The number of carbonyl (C=O) groups excluding carboxylic acids is 1. The largest absolute Gasteiger partial charge is 0.435 e. The number of hydrogen-bond donors (Lipinski definition) is 1. The van der Waals surface area contributed by atoms with Crippen molar-refractivity contribution in [3.05, 3.63) is 18.0 Å². The molecule has 1 aromatic rings. The Morgan fingerprint density at radius 2 is 2.11 bits per heavy atom. The fourth-order valence-electron chi connectivity index (χ4n) is 2.22. The number of rotatable bonds is 3. The van der Waals surface area contributed by atoms with Gasteiger partial charge in [0.2, 0.25) is 5.91 Å². The summed E-state index contributed by atoms with van der Waals surface area (Å²) in [5.74, 6) is -0.288. The Balaban J connectivity index is 2.00. The van der Waals surface area contributed by atoms with Crippen LogP contribution in [0.25, 0.3) is 0 Å². The third kappa shape index (κ3) is 3.27. The third-order valence-corrected chi connectivity index (χ3v) is 3.38. The van der Waals surface area contributed by atoms with Gasteiger partial charge >= 0.3 is 6.18 Å². The minimum Gasteiger partial charge on any atom is -0.352 e. The van der Waals surface area contributed by atoms with Crippen molar-refractivity contribution >= 4 is 5.91 Å². The van der Waals surface area contributed by atoms with Crippen molar-refractivity contribution in [3.63, 3.8) is 0 Å². The fourth-order valence-corrected chi connectivity index (χ4v) is 2.22. The smallest absolute Gasteiger partial charge is 0.352 e. The van der Waals surface area contributed by atoms with Crippen LogP contribution in [-0.2, 0) is 11.0 Å². The van der Waals surface area contributed by atoms with Gasteiger partial charge in [0.15, 0.2) is 5.69 Å². The van der Waals surface area contributed by atoms with E-state index in [0.717, 1.165) is 36.4 Å². The summed E-state index contributed by atoms with van der Waals surface area (Å²) in [6.45, 7) is 1.54. The molecule has 0 bridgehead atoms. The van der Waals surface area contributed by atoms with Crippen LogP contribution in [0.15, 0.2) is 12.3 Å². The summed E-state index contributed by atoms with van der Waals surface area (Å²) >= 11 is 0. The predicted octanol–water partition coefficient (Wildman–Crippen LogP) is 2.52. The first-order valence-corrected chi connectivity index (χ1v) is 6.30. The molecule has 1 aliphatic rings. The molecule has 0 saturated heterocycles. The van der Waals surface area contributed by atoms with Crippen LogP contribution in [0, 0.1) is 0 Å². The maximum absolute atomic E-state index is 12.4. The van der Waals surface area contributed by atoms with Gasteiger partial charge in [-0.2, -0.15) is 18.3 Å². The van der Waals surface area contributed by atoms with Crippen molar-refractivity contribution in [2.45, 2.75) is 50.9 Å². The van der Waals surface area contributed by atoms with E-state index < -0.39 is 17.9 Å². The van der Waals surface area contributed by atoms with Crippen molar-refractivity contribution in [3.8, 4) is 0 Å². The molecule has 1 heterocycles. The van der Waals surface area contributed by atoms with Crippen LogP contribution in [0.1, 0.15) is 44.3 Å². The molecule has 106 valence electrons. The molecule has 1 saturated carbocycles. The molecule has 1 fully saturated rings. The first-order valence-electron chi connectivity index (χ1n) is 6.30. The van der Waals surface area contributed by atoms with Gasteiger partial charge in [0, 0.05) is 12.2 Å². The predicted molar refractivity (Wildman–Crippen MR) is 62.3 cm³/mol. The molecule has 0 radical (unpaired) electrons. The zero-order valence-electron chi connectivity index (χ0n) is 10.6. The molecular formula is C12H16F3N3O. The van der Waals surface area contributed by atoms with Crippen molar-refractivity contribution in [2.75, 3.05) is 0 Å². The zero-order chi connectivity index (χ0) is 14.0. The molecule has 1 N–H and O–H groups in total. The van der Waals surface area contributed by atoms with E-state index in [4.69, 9.17) is 0 Å². The van der Waals surface area contributed by atoms with E-state index in [0.29, 0.717) is 0 Å². The summed E-state index contributed by atoms with van der Waals surface area (Å²) in [4.78, 5) is 11.9. The normalized spacial score (nSPS) is 18.5. The second kappa shape index (κ2) is 5.22. The van der Waals surface area contributed by atoms with Crippen LogP contribution in [0.5, 0.6) is 0 Å². The number of carbonyl (C=O) groups is 1. The molecule has 1 aromatic heterocycles. The highest BCUT2D eigenvalue weighted by atomic mass is 19.4. The van der Waals surface area contributed by atoms with E-state index in [1.165, 1.54) is 13.1 Å². The van der Waals surface area contributed by atoms with Crippen molar-refractivity contribution in [2.24, 2.45) is 0 Å². The van der Waals surface area contributed by atoms with Gasteiger partial charge in [-0.25, -0.2) is 0 Å². The summed E-state index contributed by atoms with van der Waals surface area (Å²) in [5, 5.41) is 6.25. The van der Waals surface area contributed by atoms with Gasteiger partial charge in [-0.3, -0.25) is 9.48 Å². The Labute approximate surface area is 109 Å². The Hall–Kier alpha value is -1.53. The highest BCUT2D eigenvalue weighted by Gasteiger charge is 2.34. The second-order valence-corrected chi connectivity index (χ2v) is 4.84. The summed E-state index contributed by atoms with van der Waals surface area (Å²) < 4.78 is 38.3. The summed E-state index contributed by atoms with van der Waals surface area (Å²) in [7, 11) is 0. The van der Waals surface area contributed by atoms with Gasteiger partial charge in [-0.05, 0) is 25.8 Å². The van der Waals surface area contributed by atoms with Gasteiger partial charge in [-0.1, -0.05) is 12.8 Å². The first-order chi connectivity index (χ1) is 8.88. The SMILES string of the molecule is CC(C(=O)NC1CCCC1)n1ccc(C(F)(F)F)n1. The van der Waals surface area contributed by atoms with Crippen LogP contribution in [-0.4, -0.2) is 21.7 Å². The standard InChI is InChI=1S/C12H16F3N3O/c1-8(11(19)16-9-4-2-3-5-9)18-7-6-10(17-18)12(13,14)15/h6-9H,2-5H2,1H3,(H,16,19). The van der Waals surface area contributed by atoms with Crippen LogP contribution in [0.2, 0.25) is 0 Å². The molecule has 0 aromatic carbocycles. The van der Waals surface area contributed by atoms with Crippen LogP contribution in [0.3, 0.4) is 0 Å². The van der Waals surface area contributed by atoms with Gasteiger partial charge in [0.25, 0.3) is 0 Å². The van der Waals surface area contributed by atoms with Crippen molar-refractivity contribution < 1.29 is 18.0 Å². The topological polar surface area (TPSA) is 46.9 Å². The lowest BCUT2D eigenvalue weighted by Crippen LogP contribution is -2.37. The summed E-state index contributed by atoms with van der Waals surface area (Å²) in [6.07, 6.45) is 0.740. The number of alkyl halides is 3. The lowest BCUT2D eigenvalue weighted by molar-refractivity contribution is -0.142. The van der Waals surface area contributed by atoms with E-state index in [1.54, 1.807) is 0 Å². The van der Waals surface area contributed by atoms with E-state index in [9.17, 15) is 18.0 Å². The highest BCUT2D eigenvalue weighted by molar-refractivity contribution is 5.80. The molecule has 4 nitrogen and oxygen atoms in total. The fraction of sp³-hybridized carbons (Fsp3) is 0.667. The number of hydrogen-bond acceptors (Lipinski definition) is 2. The minimum absolute atomic E-state index is 0.146. The van der Waals surface area contributed by atoms with Gasteiger partial charge in [0.05, 0.1) is 0 Å². The molecule has 1 unspecified atom stereocenters. The lowest BCUT2D eigenvalue weighted by atomic mass is 10.2. The highest BCUT2D eigenvalue weighted by Crippen LogP contribution is 2.28. The van der Waals surface area contributed by atoms with Crippen LogP contribution >= 0.6 is 0 Å². The molecule has 2 rings (SSSR count). The maximum Gasteiger partial charge on any atom is 0.435 e. The lowest BCUT2D eigenvalue weighted by Gasteiger charge is -2.17. The zero-order valence-corrected chi connectivity index (χ0v) is 10.6.